The second-order valence-corrected chi connectivity index (χ2v) is 5.88. The highest BCUT2D eigenvalue weighted by Crippen LogP contribution is 2.27. The summed E-state index contributed by atoms with van der Waals surface area (Å²) in [5.41, 5.74) is 2.36. The molecule has 2 fully saturated rings. The van der Waals surface area contributed by atoms with Crippen molar-refractivity contribution in [3.05, 3.63) is 29.8 Å². The fourth-order valence-electron chi connectivity index (χ4n) is 3.11. The maximum absolute atomic E-state index is 12.2. The van der Waals surface area contributed by atoms with Crippen molar-refractivity contribution in [1.29, 1.82) is 0 Å². The molecule has 2 aliphatic heterocycles. The first-order chi connectivity index (χ1) is 9.74. The summed E-state index contributed by atoms with van der Waals surface area (Å²) in [6.07, 6.45) is 3.75. The molecule has 0 aliphatic carbocycles. The highest BCUT2D eigenvalue weighted by Gasteiger charge is 2.23. The summed E-state index contributed by atoms with van der Waals surface area (Å²) in [6, 6.07) is 8.94. The molecule has 4 nitrogen and oxygen atoms in total. The molecule has 1 N–H and O–H groups in total. The second kappa shape index (κ2) is 5.94. The quantitative estimate of drug-likeness (QED) is 0.892. The van der Waals surface area contributed by atoms with Crippen molar-refractivity contribution in [2.24, 2.45) is 0 Å². The van der Waals surface area contributed by atoms with Gasteiger partial charge in [-0.15, -0.1) is 0 Å². The minimum atomic E-state index is 0.201. The number of anilines is 1. The van der Waals surface area contributed by atoms with Crippen molar-refractivity contribution >= 4 is 11.6 Å². The molecule has 1 amide bonds. The lowest BCUT2D eigenvalue weighted by Gasteiger charge is -2.33. The van der Waals surface area contributed by atoms with Crippen molar-refractivity contribution < 1.29 is 4.79 Å². The molecule has 1 aromatic carbocycles. The number of carbonyl (C=O) groups excluding carboxylic acids is 1. The maximum atomic E-state index is 12.2. The maximum Gasteiger partial charge on any atom is 0.241 e. The van der Waals surface area contributed by atoms with E-state index in [-0.39, 0.29) is 5.91 Å². The molecule has 2 heterocycles. The molecular weight excluding hydrogens is 250 g/mol. The predicted molar refractivity (Wildman–Crippen MR) is 80.9 cm³/mol. The lowest BCUT2D eigenvalue weighted by atomic mass is 9.97. The van der Waals surface area contributed by atoms with Crippen LogP contribution < -0.4 is 10.2 Å². The highest BCUT2D eigenvalue weighted by atomic mass is 16.2. The van der Waals surface area contributed by atoms with E-state index < -0.39 is 0 Å². The minimum Gasteiger partial charge on any atom is -0.310 e. The van der Waals surface area contributed by atoms with E-state index in [1.165, 1.54) is 24.8 Å². The Morgan fingerprint density at radius 2 is 2.15 bits per heavy atom. The monoisotopic (exact) mass is 273 g/mol. The van der Waals surface area contributed by atoms with Gasteiger partial charge < -0.3 is 10.2 Å². The molecule has 4 heteroatoms. The topological polar surface area (TPSA) is 35.6 Å². The van der Waals surface area contributed by atoms with E-state index in [4.69, 9.17) is 0 Å². The van der Waals surface area contributed by atoms with Gasteiger partial charge in [-0.1, -0.05) is 18.6 Å². The molecular formula is C16H23N3O. The SMILES string of the molecule is CN1CCN(c2cccc(C3CCCCN3)c2)C(=O)C1. The average Bonchev–Trinajstić information content (AvgIpc) is 2.48. The first-order valence-corrected chi connectivity index (χ1v) is 7.56. The zero-order valence-electron chi connectivity index (χ0n) is 12.1. The van der Waals surface area contributed by atoms with Crippen molar-refractivity contribution in [2.75, 3.05) is 38.1 Å². The number of nitrogens with zero attached hydrogens (tertiary/aromatic N) is 2. The Morgan fingerprint density at radius 3 is 2.90 bits per heavy atom. The van der Waals surface area contributed by atoms with Gasteiger partial charge in [-0.3, -0.25) is 9.69 Å². The van der Waals surface area contributed by atoms with Gasteiger partial charge in [-0.2, -0.15) is 0 Å². The lowest BCUT2D eigenvalue weighted by molar-refractivity contribution is -0.120. The molecule has 0 bridgehead atoms. The molecule has 0 aromatic heterocycles. The van der Waals surface area contributed by atoms with Gasteiger partial charge in [0.05, 0.1) is 6.54 Å². The number of rotatable bonds is 2. The van der Waals surface area contributed by atoms with Gasteiger partial charge in [0.1, 0.15) is 0 Å². The second-order valence-electron chi connectivity index (χ2n) is 5.88. The van der Waals surface area contributed by atoms with Gasteiger partial charge in [0.2, 0.25) is 5.91 Å². The molecule has 3 rings (SSSR count). The highest BCUT2D eigenvalue weighted by molar-refractivity contribution is 5.95. The van der Waals surface area contributed by atoms with Gasteiger partial charge in [-0.25, -0.2) is 0 Å². The number of amides is 1. The van der Waals surface area contributed by atoms with Gasteiger partial charge >= 0.3 is 0 Å². The molecule has 0 radical (unpaired) electrons. The van der Waals surface area contributed by atoms with Crippen LogP contribution in [-0.2, 0) is 4.79 Å². The van der Waals surface area contributed by atoms with E-state index in [2.05, 4.69) is 34.5 Å². The van der Waals surface area contributed by atoms with Crippen molar-refractivity contribution in [3.63, 3.8) is 0 Å². The summed E-state index contributed by atoms with van der Waals surface area (Å²) in [6.45, 7) is 3.35. The molecule has 108 valence electrons. The predicted octanol–water partition coefficient (Wildman–Crippen LogP) is 1.78. The Hall–Kier alpha value is -1.39. The summed E-state index contributed by atoms with van der Waals surface area (Å²) in [4.78, 5) is 16.2. The summed E-state index contributed by atoms with van der Waals surface area (Å²) in [5.74, 6) is 0.201. The third kappa shape index (κ3) is 2.86. The Morgan fingerprint density at radius 1 is 1.25 bits per heavy atom. The molecule has 1 unspecified atom stereocenters. The molecule has 2 aliphatic rings. The molecule has 0 spiro atoms. The molecule has 1 atom stereocenters. The molecule has 1 aromatic rings. The Bertz CT molecular complexity index is 482. The van der Waals surface area contributed by atoms with Crippen LogP contribution in [0.2, 0.25) is 0 Å². The number of likely N-dealkylation sites (N-methyl/N-ethyl adjacent to an activating group) is 1. The largest absolute Gasteiger partial charge is 0.310 e. The van der Waals surface area contributed by atoms with Crippen LogP contribution >= 0.6 is 0 Å². The molecule has 0 saturated carbocycles. The fraction of sp³-hybridized carbons (Fsp3) is 0.562. The number of benzene rings is 1. The third-order valence-electron chi connectivity index (χ3n) is 4.31. The van der Waals surface area contributed by atoms with Crippen molar-refractivity contribution in [3.8, 4) is 0 Å². The Balaban J connectivity index is 1.78. The van der Waals surface area contributed by atoms with E-state index in [1.54, 1.807) is 0 Å². The number of piperidine rings is 1. The third-order valence-corrected chi connectivity index (χ3v) is 4.31. The lowest BCUT2D eigenvalue weighted by Crippen LogP contribution is -2.48. The van der Waals surface area contributed by atoms with E-state index in [0.29, 0.717) is 12.6 Å². The van der Waals surface area contributed by atoms with Crippen LogP contribution in [0.1, 0.15) is 30.9 Å². The van der Waals surface area contributed by atoms with Crippen LogP contribution in [0.5, 0.6) is 0 Å². The molecule has 20 heavy (non-hydrogen) atoms. The smallest absolute Gasteiger partial charge is 0.241 e. The normalized spacial score (nSPS) is 24.9. The van der Waals surface area contributed by atoms with E-state index >= 15 is 0 Å². The van der Waals surface area contributed by atoms with E-state index in [0.717, 1.165) is 25.3 Å². The van der Waals surface area contributed by atoms with E-state index in [1.807, 2.05) is 11.9 Å². The zero-order chi connectivity index (χ0) is 13.9. The average molecular weight is 273 g/mol. The van der Waals surface area contributed by atoms with Crippen molar-refractivity contribution in [2.45, 2.75) is 25.3 Å². The van der Waals surface area contributed by atoms with Crippen LogP contribution in [0.3, 0.4) is 0 Å². The minimum absolute atomic E-state index is 0.201. The fourth-order valence-corrected chi connectivity index (χ4v) is 3.11. The number of carbonyl (C=O) groups is 1. The van der Waals surface area contributed by atoms with Gasteiger partial charge in [0.25, 0.3) is 0 Å². The summed E-state index contributed by atoms with van der Waals surface area (Å²) in [5, 5.41) is 3.57. The number of piperazine rings is 1. The standard InChI is InChI=1S/C16H23N3O/c1-18-9-10-19(16(20)12-18)14-6-4-5-13(11-14)15-7-2-3-8-17-15/h4-6,11,15,17H,2-3,7-10,12H2,1H3. The first-order valence-electron chi connectivity index (χ1n) is 7.56. The van der Waals surface area contributed by atoms with Gasteiger partial charge in [0.15, 0.2) is 0 Å². The Labute approximate surface area is 120 Å². The Kier molecular flexibility index (Phi) is 4.03. The van der Waals surface area contributed by atoms with Gasteiger partial charge in [-0.05, 0) is 44.1 Å². The molecule has 2 saturated heterocycles. The van der Waals surface area contributed by atoms with Crippen LogP contribution in [0.15, 0.2) is 24.3 Å². The van der Waals surface area contributed by atoms with Crippen LogP contribution in [0, 0.1) is 0 Å². The van der Waals surface area contributed by atoms with E-state index in [9.17, 15) is 4.79 Å². The van der Waals surface area contributed by atoms with Crippen LogP contribution in [0.25, 0.3) is 0 Å². The first kappa shape index (κ1) is 13.6. The van der Waals surface area contributed by atoms with Crippen LogP contribution in [0.4, 0.5) is 5.69 Å². The number of hydrogen-bond donors (Lipinski definition) is 1. The summed E-state index contributed by atoms with van der Waals surface area (Å²) >= 11 is 0. The number of hydrogen-bond acceptors (Lipinski definition) is 3. The summed E-state index contributed by atoms with van der Waals surface area (Å²) < 4.78 is 0. The number of nitrogens with one attached hydrogen (secondary N) is 1. The summed E-state index contributed by atoms with van der Waals surface area (Å²) in [7, 11) is 2.00. The van der Waals surface area contributed by atoms with Crippen molar-refractivity contribution in [1.82, 2.24) is 10.2 Å². The van der Waals surface area contributed by atoms with Gasteiger partial charge in [0, 0.05) is 24.8 Å². The van der Waals surface area contributed by atoms with Crippen LogP contribution in [-0.4, -0.2) is 44.0 Å². The zero-order valence-corrected chi connectivity index (χ0v) is 12.1.